The fraction of sp³-hybridized carbons (Fsp3) is 0.172. The third-order valence-electron chi connectivity index (χ3n) is 6.66. The molecule has 3 aromatic carbocycles. The predicted octanol–water partition coefficient (Wildman–Crippen LogP) is 5.00. The van der Waals surface area contributed by atoms with Crippen molar-refractivity contribution in [1.29, 1.82) is 0 Å². The van der Waals surface area contributed by atoms with E-state index in [1.807, 2.05) is 30.3 Å². The Bertz CT molecular complexity index is 1500. The molecule has 0 atom stereocenters. The number of nitrogens with one attached hydrogen (secondary N) is 1. The van der Waals surface area contributed by atoms with Gasteiger partial charge >= 0.3 is 0 Å². The van der Waals surface area contributed by atoms with Gasteiger partial charge in [0.2, 0.25) is 0 Å². The van der Waals surface area contributed by atoms with Crippen LogP contribution in [-0.2, 0) is 26.1 Å². The molecule has 5 heteroatoms. The number of nitrogens with zero attached hydrogens (tertiary/aromatic N) is 3. The molecular weight excluding hydrogens is 420 g/mol. The Morgan fingerprint density at radius 2 is 1.59 bits per heavy atom. The van der Waals surface area contributed by atoms with Gasteiger partial charge in [-0.2, -0.15) is 0 Å². The van der Waals surface area contributed by atoms with E-state index in [2.05, 4.69) is 75.2 Å². The third kappa shape index (κ3) is 3.95. The number of rotatable bonds is 5. The van der Waals surface area contributed by atoms with Crippen molar-refractivity contribution in [2.24, 2.45) is 0 Å². The van der Waals surface area contributed by atoms with E-state index in [9.17, 15) is 4.79 Å². The quantitative estimate of drug-likeness (QED) is 0.413. The van der Waals surface area contributed by atoms with Crippen molar-refractivity contribution in [2.45, 2.75) is 26.1 Å². The Balaban J connectivity index is 1.27. The lowest BCUT2D eigenvalue weighted by Crippen LogP contribution is -2.35. The van der Waals surface area contributed by atoms with Crippen LogP contribution in [0.3, 0.4) is 0 Å². The molecule has 0 amide bonds. The van der Waals surface area contributed by atoms with Gasteiger partial charge in [-0.1, -0.05) is 78.9 Å². The van der Waals surface area contributed by atoms with Crippen molar-refractivity contribution in [3.8, 4) is 11.4 Å². The van der Waals surface area contributed by atoms with Crippen molar-refractivity contribution in [3.05, 3.63) is 124 Å². The van der Waals surface area contributed by atoms with E-state index >= 15 is 0 Å². The summed E-state index contributed by atoms with van der Waals surface area (Å²) >= 11 is 0. The molecular formula is C29H26N4O. The van der Waals surface area contributed by atoms with Crippen LogP contribution in [0.1, 0.15) is 22.4 Å². The van der Waals surface area contributed by atoms with Gasteiger partial charge in [-0.05, 0) is 17.2 Å². The molecule has 0 bridgehead atoms. The second kappa shape index (κ2) is 8.76. The van der Waals surface area contributed by atoms with E-state index in [1.165, 1.54) is 22.0 Å². The van der Waals surface area contributed by atoms with Crippen LogP contribution in [-0.4, -0.2) is 26.0 Å². The molecule has 0 saturated heterocycles. The van der Waals surface area contributed by atoms with Gasteiger partial charge in [0.1, 0.15) is 5.82 Å². The van der Waals surface area contributed by atoms with E-state index in [1.54, 1.807) is 0 Å². The summed E-state index contributed by atoms with van der Waals surface area (Å²) in [5, 5.41) is 1.27. The van der Waals surface area contributed by atoms with Crippen LogP contribution in [0.4, 0.5) is 0 Å². The normalized spacial score (nSPS) is 13.8. The molecule has 0 saturated carbocycles. The average molecular weight is 447 g/mol. The number of H-pyrrole nitrogens is 1. The Morgan fingerprint density at radius 1 is 0.853 bits per heavy atom. The molecule has 6 rings (SSSR count). The summed E-state index contributed by atoms with van der Waals surface area (Å²) in [5.41, 5.74) is 6.44. The lowest BCUT2D eigenvalue weighted by atomic mass is 10.1. The summed E-state index contributed by atoms with van der Waals surface area (Å²) in [5.74, 6) is 0.654. The fourth-order valence-corrected chi connectivity index (χ4v) is 4.95. The maximum Gasteiger partial charge on any atom is 0.255 e. The smallest absolute Gasteiger partial charge is 0.255 e. The van der Waals surface area contributed by atoms with Gasteiger partial charge in [-0.25, -0.2) is 4.98 Å². The molecule has 2 aromatic heterocycles. The lowest BCUT2D eigenvalue weighted by Gasteiger charge is -2.27. The summed E-state index contributed by atoms with van der Waals surface area (Å²) in [6.07, 6.45) is 3.05. The highest BCUT2D eigenvalue weighted by Gasteiger charge is 2.22. The number of hydrogen-bond donors (Lipinski definition) is 1. The second-order valence-corrected chi connectivity index (χ2v) is 8.95. The highest BCUT2D eigenvalue weighted by atomic mass is 16.1. The van der Waals surface area contributed by atoms with Gasteiger partial charge in [-0.15, -0.1) is 0 Å². The van der Waals surface area contributed by atoms with Crippen molar-refractivity contribution < 1.29 is 0 Å². The lowest BCUT2D eigenvalue weighted by molar-refractivity contribution is 0.242. The average Bonchev–Trinajstić information content (AvgIpc) is 3.22. The van der Waals surface area contributed by atoms with E-state index in [0.717, 1.165) is 42.9 Å². The molecule has 0 fully saturated rings. The highest BCUT2D eigenvalue weighted by molar-refractivity contribution is 5.84. The van der Waals surface area contributed by atoms with E-state index < -0.39 is 0 Å². The first kappa shape index (κ1) is 20.6. The molecule has 5 nitrogen and oxygen atoms in total. The maximum absolute atomic E-state index is 12.9. The zero-order chi connectivity index (χ0) is 22.9. The standard InChI is InChI=1S/C29H26N4O/c34-29-25-20-32(16-15-26(25)30-28(31-29)22-11-5-2-6-12-22)18-23-19-33(17-21-9-3-1-4-10-21)27-14-8-7-13-24(23)27/h1-14,19H,15-18,20H2,(H,30,31,34). The van der Waals surface area contributed by atoms with E-state index in [4.69, 9.17) is 4.98 Å². The number of hydrogen-bond acceptors (Lipinski definition) is 3. The molecule has 1 N–H and O–H groups in total. The summed E-state index contributed by atoms with van der Waals surface area (Å²) < 4.78 is 2.33. The predicted molar refractivity (Wildman–Crippen MR) is 136 cm³/mol. The van der Waals surface area contributed by atoms with Crippen LogP contribution >= 0.6 is 0 Å². The van der Waals surface area contributed by atoms with Crippen LogP contribution in [0.25, 0.3) is 22.3 Å². The molecule has 3 heterocycles. The van der Waals surface area contributed by atoms with E-state index in [-0.39, 0.29) is 5.56 Å². The van der Waals surface area contributed by atoms with Crippen LogP contribution in [0.15, 0.2) is 95.9 Å². The zero-order valence-electron chi connectivity index (χ0n) is 18.9. The number of para-hydroxylation sites is 1. The molecule has 34 heavy (non-hydrogen) atoms. The minimum absolute atomic E-state index is 0.0277. The van der Waals surface area contributed by atoms with Crippen LogP contribution in [0, 0.1) is 0 Å². The molecule has 0 radical (unpaired) electrons. The maximum atomic E-state index is 12.9. The van der Waals surface area contributed by atoms with Crippen molar-refractivity contribution in [1.82, 2.24) is 19.4 Å². The molecule has 168 valence electrons. The SMILES string of the molecule is O=c1[nH]c(-c2ccccc2)nc2c1CN(Cc1cn(Cc3ccccc3)c3ccccc13)CC2. The first-order chi connectivity index (χ1) is 16.7. The first-order valence-corrected chi connectivity index (χ1v) is 11.7. The van der Waals surface area contributed by atoms with Crippen molar-refractivity contribution in [3.63, 3.8) is 0 Å². The Labute approximate surface area is 198 Å². The molecule has 0 spiro atoms. The van der Waals surface area contributed by atoms with Crippen LogP contribution < -0.4 is 5.56 Å². The molecule has 1 aliphatic rings. The Kier molecular flexibility index (Phi) is 5.32. The number of benzene rings is 3. The van der Waals surface area contributed by atoms with Crippen molar-refractivity contribution >= 4 is 10.9 Å². The fourth-order valence-electron chi connectivity index (χ4n) is 4.95. The van der Waals surface area contributed by atoms with Gasteiger partial charge in [-0.3, -0.25) is 9.69 Å². The number of aromatic nitrogens is 3. The third-order valence-corrected chi connectivity index (χ3v) is 6.66. The van der Waals surface area contributed by atoms with Gasteiger partial charge in [0.25, 0.3) is 5.56 Å². The highest BCUT2D eigenvalue weighted by Crippen LogP contribution is 2.26. The Hall–Kier alpha value is -3.96. The summed E-state index contributed by atoms with van der Waals surface area (Å²) in [4.78, 5) is 23.1. The zero-order valence-corrected chi connectivity index (χ0v) is 18.9. The molecule has 0 aliphatic carbocycles. The Morgan fingerprint density at radius 3 is 2.41 bits per heavy atom. The van der Waals surface area contributed by atoms with Crippen molar-refractivity contribution in [2.75, 3.05) is 6.54 Å². The summed E-state index contributed by atoms with van der Waals surface area (Å²) in [6, 6.07) is 29.0. The van der Waals surface area contributed by atoms with Crippen LogP contribution in [0.2, 0.25) is 0 Å². The largest absolute Gasteiger partial charge is 0.343 e. The summed E-state index contributed by atoms with van der Waals surface area (Å²) in [7, 11) is 0. The topological polar surface area (TPSA) is 53.9 Å². The second-order valence-electron chi connectivity index (χ2n) is 8.95. The van der Waals surface area contributed by atoms with Gasteiger partial charge in [0.05, 0.1) is 11.3 Å². The van der Waals surface area contributed by atoms with Crippen LogP contribution in [0.5, 0.6) is 0 Å². The molecule has 5 aromatic rings. The van der Waals surface area contributed by atoms with Gasteiger partial charge < -0.3 is 9.55 Å². The number of fused-ring (bicyclic) bond motifs is 2. The van der Waals surface area contributed by atoms with E-state index in [0.29, 0.717) is 12.4 Å². The molecule has 1 aliphatic heterocycles. The minimum atomic E-state index is -0.0277. The minimum Gasteiger partial charge on any atom is -0.343 e. The van der Waals surface area contributed by atoms with Gasteiger partial charge in [0.15, 0.2) is 0 Å². The first-order valence-electron chi connectivity index (χ1n) is 11.7. The van der Waals surface area contributed by atoms with Gasteiger partial charge in [0, 0.05) is 55.3 Å². The number of aromatic amines is 1. The summed E-state index contributed by atoms with van der Waals surface area (Å²) in [6.45, 7) is 3.15. The molecule has 0 unspecified atom stereocenters. The monoisotopic (exact) mass is 446 g/mol.